The van der Waals surface area contributed by atoms with Gasteiger partial charge in [-0.1, -0.05) is 41.3 Å². The quantitative estimate of drug-likeness (QED) is 0.435. The van der Waals surface area contributed by atoms with Crippen LogP contribution >= 0.6 is 34.4 Å². The first-order valence-corrected chi connectivity index (χ1v) is 10.2. The van der Waals surface area contributed by atoms with E-state index in [0.29, 0.717) is 11.6 Å². The first-order chi connectivity index (χ1) is 12.3. The number of rotatable bonds is 6. The van der Waals surface area contributed by atoms with Crippen LogP contribution in [0, 0.1) is 6.92 Å². The Labute approximate surface area is 157 Å². The van der Waals surface area contributed by atoms with Crippen LogP contribution in [0.1, 0.15) is 11.3 Å². The molecule has 25 heavy (non-hydrogen) atoms. The standard InChI is InChI=1S/C17H14N4OS3/c1-11-4-2-5-12(8-11)19-16-20-21-17(25-16)24-10-13-9-22-15(18-13)14-6-3-7-23-14/h2-9H,10H2,1H3,(H,19,20). The molecule has 8 heteroatoms. The summed E-state index contributed by atoms with van der Waals surface area (Å²) in [7, 11) is 0. The Kier molecular flexibility index (Phi) is 4.82. The zero-order chi connectivity index (χ0) is 17.1. The number of aromatic nitrogens is 3. The van der Waals surface area contributed by atoms with Crippen molar-refractivity contribution in [3.05, 3.63) is 59.3 Å². The maximum absolute atomic E-state index is 5.53. The summed E-state index contributed by atoms with van der Waals surface area (Å²) in [6.45, 7) is 2.06. The van der Waals surface area contributed by atoms with E-state index in [-0.39, 0.29) is 0 Å². The second-order valence-electron chi connectivity index (χ2n) is 5.28. The van der Waals surface area contributed by atoms with Crippen LogP contribution in [0.4, 0.5) is 10.8 Å². The molecule has 4 rings (SSSR count). The van der Waals surface area contributed by atoms with E-state index in [2.05, 4.69) is 39.6 Å². The fraction of sp³-hybridized carbons (Fsp3) is 0.118. The van der Waals surface area contributed by atoms with Gasteiger partial charge >= 0.3 is 0 Å². The Hall–Kier alpha value is -2.16. The molecule has 1 aromatic carbocycles. The van der Waals surface area contributed by atoms with Crippen molar-refractivity contribution in [1.29, 1.82) is 0 Å². The van der Waals surface area contributed by atoms with Crippen molar-refractivity contribution in [2.45, 2.75) is 17.0 Å². The summed E-state index contributed by atoms with van der Waals surface area (Å²) in [6.07, 6.45) is 1.70. The lowest BCUT2D eigenvalue weighted by Gasteiger charge is -2.01. The van der Waals surface area contributed by atoms with Gasteiger partial charge in [0.25, 0.3) is 0 Å². The minimum atomic E-state index is 0.671. The lowest BCUT2D eigenvalue weighted by atomic mass is 10.2. The molecule has 0 aliphatic carbocycles. The van der Waals surface area contributed by atoms with E-state index in [1.54, 1.807) is 29.4 Å². The van der Waals surface area contributed by atoms with Gasteiger partial charge in [-0.3, -0.25) is 0 Å². The number of oxazole rings is 1. The highest BCUT2D eigenvalue weighted by Crippen LogP contribution is 2.31. The molecule has 0 radical (unpaired) electrons. The molecule has 0 aliphatic rings. The molecule has 126 valence electrons. The van der Waals surface area contributed by atoms with Crippen LogP contribution in [0.25, 0.3) is 10.8 Å². The minimum Gasteiger partial charge on any atom is -0.444 e. The number of thioether (sulfide) groups is 1. The molecular weight excluding hydrogens is 372 g/mol. The van der Waals surface area contributed by atoms with Gasteiger partial charge in [0.05, 0.1) is 10.6 Å². The van der Waals surface area contributed by atoms with E-state index in [1.165, 1.54) is 16.9 Å². The zero-order valence-corrected chi connectivity index (χ0v) is 15.8. The lowest BCUT2D eigenvalue weighted by Crippen LogP contribution is -1.89. The van der Waals surface area contributed by atoms with E-state index in [9.17, 15) is 0 Å². The van der Waals surface area contributed by atoms with Crippen molar-refractivity contribution in [1.82, 2.24) is 15.2 Å². The summed E-state index contributed by atoms with van der Waals surface area (Å²) < 4.78 is 6.43. The molecule has 5 nitrogen and oxygen atoms in total. The van der Waals surface area contributed by atoms with Crippen LogP contribution in [0.3, 0.4) is 0 Å². The van der Waals surface area contributed by atoms with Crippen LogP contribution in [-0.4, -0.2) is 15.2 Å². The molecule has 0 bridgehead atoms. The number of thiophene rings is 1. The number of anilines is 2. The molecule has 1 N–H and O–H groups in total. The number of hydrogen-bond donors (Lipinski definition) is 1. The number of hydrogen-bond acceptors (Lipinski definition) is 8. The fourth-order valence-corrected chi connectivity index (χ4v) is 4.49. The summed E-state index contributed by atoms with van der Waals surface area (Å²) >= 11 is 4.75. The van der Waals surface area contributed by atoms with Crippen molar-refractivity contribution in [3.8, 4) is 10.8 Å². The Bertz CT molecular complexity index is 962. The Balaban J connectivity index is 1.37. The first kappa shape index (κ1) is 16.3. The monoisotopic (exact) mass is 386 g/mol. The summed E-state index contributed by atoms with van der Waals surface area (Å²) in [5, 5.41) is 14.5. The molecule has 3 aromatic heterocycles. The molecular formula is C17H14N4OS3. The Morgan fingerprint density at radius 2 is 2.16 bits per heavy atom. The van der Waals surface area contributed by atoms with Gasteiger partial charge in [-0.15, -0.1) is 21.5 Å². The molecule has 0 unspecified atom stereocenters. The molecule has 0 aliphatic heterocycles. The van der Waals surface area contributed by atoms with Crippen molar-refractivity contribution in [2.24, 2.45) is 0 Å². The molecule has 0 atom stereocenters. The molecule has 0 spiro atoms. The number of nitrogens with one attached hydrogen (secondary N) is 1. The molecule has 0 amide bonds. The van der Waals surface area contributed by atoms with Crippen molar-refractivity contribution in [2.75, 3.05) is 5.32 Å². The molecule has 3 heterocycles. The molecule has 0 saturated carbocycles. The predicted octanol–water partition coefficient (Wildman–Crippen LogP) is 5.60. The second-order valence-corrected chi connectivity index (χ2v) is 8.43. The second kappa shape index (κ2) is 7.38. The van der Waals surface area contributed by atoms with E-state index in [4.69, 9.17) is 4.42 Å². The Morgan fingerprint density at radius 3 is 3.00 bits per heavy atom. The molecule has 0 saturated heterocycles. The van der Waals surface area contributed by atoms with Crippen LogP contribution in [-0.2, 0) is 5.75 Å². The van der Waals surface area contributed by atoms with Gasteiger partial charge < -0.3 is 9.73 Å². The Morgan fingerprint density at radius 1 is 1.20 bits per heavy atom. The first-order valence-electron chi connectivity index (χ1n) is 7.54. The third-order valence-corrected chi connectivity index (χ3v) is 6.17. The van der Waals surface area contributed by atoms with Crippen molar-refractivity contribution < 1.29 is 4.42 Å². The fourth-order valence-electron chi connectivity index (χ4n) is 2.19. The summed E-state index contributed by atoms with van der Waals surface area (Å²) in [5.74, 6) is 1.37. The van der Waals surface area contributed by atoms with Gasteiger partial charge in [0.1, 0.15) is 6.26 Å². The van der Waals surface area contributed by atoms with E-state index in [1.807, 2.05) is 29.6 Å². The smallest absolute Gasteiger partial charge is 0.236 e. The topological polar surface area (TPSA) is 63.8 Å². The van der Waals surface area contributed by atoms with Gasteiger partial charge in [0.2, 0.25) is 11.0 Å². The normalized spacial score (nSPS) is 10.9. The van der Waals surface area contributed by atoms with Crippen molar-refractivity contribution in [3.63, 3.8) is 0 Å². The highest BCUT2D eigenvalue weighted by molar-refractivity contribution is 8.00. The van der Waals surface area contributed by atoms with E-state index in [0.717, 1.165) is 25.7 Å². The van der Waals surface area contributed by atoms with Gasteiger partial charge in [0.15, 0.2) is 4.34 Å². The SMILES string of the molecule is Cc1cccc(Nc2nnc(SCc3coc(-c4cccs4)n3)s2)c1. The summed E-state index contributed by atoms with van der Waals surface area (Å²) in [6, 6.07) is 12.2. The lowest BCUT2D eigenvalue weighted by molar-refractivity contribution is 0.575. The van der Waals surface area contributed by atoms with Crippen LogP contribution in [0.2, 0.25) is 0 Å². The van der Waals surface area contributed by atoms with Crippen molar-refractivity contribution >= 4 is 45.3 Å². The highest BCUT2D eigenvalue weighted by Gasteiger charge is 2.10. The highest BCUT2D eigenvalue weighted by atomic mass is 32.2. The molecule has 0 fully saturated rings. The maximum atomic E-state index is 5.53. The summed E-state index contributed by atoms with van der Waals surface area (Å²) in [5.41, 5.74) is 3.12. The minimum absolute atomic E-state index is 0.671. The zero-order valence-electron chi connectivity index (χ0n) is 13.3. The van der Waals surface area contributed by atoms with Gasteiger partial charge in [-0.2, -0.15) is 0 Å². The maximum Gasteiger partial charge on any atom is 0.236 e. The predicted molar refractivity (Wildman–Crippen MR) is 104 cm³/mol. The number of aryl methyl sites for hydroxylation is 1. The van der Waals surface area contributed by atoms with Crippen LogP contribution in [0.15, 0.2) is 56.8 Å². The number of benzene rings is 1. The average Bonchev–Trinajstić information content (AvgIpc) is 3.34. The third-order valence-electron chi connectivity index (χ3n) is 3.30. The largest absolute Gasteiger partial charge is 0.444 e. The van der Waals surface area contributed by atoms with Gasteiger partial charge in [-0.05, 0) is 36.1 Å². The summed E-state index contributed by atoms with van der Waals surface area (Å²) in [4.78, 5) is 5.55. The van der Waals surface area contributed by atoms with Gasteiger partial charge in [0, 0.05) is 11.4 Å². The average molecular weight is 387 g/mol. The molecule has 4 aromatic rings. The number of nitrogens with zero attached hydrogens (tertiary/aromatic N) is 3. The van der Waals surface area contributed by atoms with Crippen LogP contribution in [0.5, 0.6) is 0 Å². The van der Waals surface area contributed by atoms with E-state index < -0.39 is 0 Å². The van der Waals surface area contributed by atoms with E-state index >= 15 is 0 Å². The third kappa shape index (κ3) is 4.09. The van der Waals surface area contributed by atoms with Crippen LogP contribution < -0.4 is 5.32 Å². The van der Waals surface area contributed by atoms with Gasteiger partial charge in [-0.25, -0.2) is 4.98 Å².